The molecule has 166 valence electrons. The Bertz CT molecular complexity index is 1300. The number of aliphatic hydroxyl groups excluding tert-OH is 1. The van der Waals surface area contributed by atoms with Gasteiger partial charge in [0.05, 0.1) is 28.1 Å². The van der Waals surface area contributed by atoms with Crippen LogP contribution in [0.4, 0.5) is 0 Å². The number of nitrogens with one attached hydrogen (secondary N) is 1. The number of rotatable bonds is 8. The normalized spacial score (nSPS) is 12.7. The van der Waals surface area contributed by atoms with Crippen molar-refractivity contribution in [1.82, 2.24) is 19.7 Å². The van der Waals surface area contributed by atoms with Gasteiger partial charge in [0, 0.05) is 24.0 Å². The fraction of sp³-hybridized carbons (Fsp3) is 0.174. The lowest BCUT2D eigenvalue weighted by Gasteiger charge is -2.17. The third-order valence-corrected chi connectivity index (χ3v) is 7.20. The van der Waals surface area contributed by atoms with Crippen LogP contribution in [-0.4, -0.2) is 33.6 Å². The first kappa shape index (κ1) is 22.3. The predicted octanol–water partition coefficient (Wildman–Crippen LogP) is 3.89. The Morgan fingerprint density at radius 3 is 2.50 bits per heavy atom. The van der Waals surface area contributed by atoms with Crippen molar-refractivity contribution in [3.63, 3.8) is 0 Å². The van der Waals surface area contributed by atoms with Crippen molar-refractivity contribution in [2.45, 2.75) is 24.6 Å². The molecule has 0 radical (unpaired) electrons. The van der Waals surface area contributed by atoms with Gasteiger partial charge in [-0.15, -0.1) is 0 Å². The average molecular weight is 471 g/mol. The summed E-state index contributed by atoms with van der Waals surface area (Å²) in [5.41, 5.74) is 1.89. The topological polar surface area (TPSA) is 89.2 Å². The molecule has 9 heteroatoms. The molecule has 0 aliphatic carbocycles. The van der Waals surface area contributed by atoms with E-state index in [2.05, 4.69) is 10.4 Å². The monoisotopic (exact) mass is 470 g/mol. The number of aromatic nitrogens is 3. The fourth-order valence-electron chi connectivity index (χ4n) is 3.50. The Hall–Kier alpha value is -2.91. The molecule has 4 aromatic rings. The maximum atomic E-state index is 12.5. The Morgan fingerprint density at radius 2 is 1.81 bits per heavy atom. The number of benzene rings is 2. The number of hydrogen-bond acceptors (Lipinski definition) is 5. The number of para-hydroxylation sites is 1. The molecule has 2 aromatic carbocycles. The Labute approximate surface area is 191 Å². The van der Waals surface area contributed by atoms with E-state index in [-0.39, 0.29) is 17.2 Å². The third kappa shape index (κ3) is 4.49. The summed E-state index contributed by atoms with van der Waals surface area (Å²) in [6, 6.07) is 18.0. The van der Waals surface area contributed by atoms with Gasteiger partial charge >= 0.3 is 0 Å². The highest BCUT2D eigenvalue weighted by Gasteiger charge is 2.22. The summed E-state index contributed by atoms with van der Waals surface area (Å²) in [4.78, 5) is 0.203. The van der Waals surface area contributed by atoms with Crippen molar-refractivity contribution < 1.29 is 13.5 Å². The van der Waals surface area contributed by atoms with Gasteiger partial charge in [0.2, 0.25) is 0 Å². The molecule has 1 atom stereocenters. The maximum Gasteiger partial charge on any atom is 0.178 e. The molecule has 7 nitrogen and oxygen atoms in total. The van der Waals surface area contributed by atoms with Crippen molar-refractivity contribution in [2.24, 2.45) is 0 Å². The van der Waals surface area contributed by atoms with Crippen molar-refractivity contribution in [2.75, 3.05) is 5.75 Å². The maximum absolute atomic E-state index is 12.5. The van der Waals surface area contributed by atoms with Gasteiger partial charge in [-0.25, -0.2) is 13.1 Å². The number of aliphatic hydroxyl groups is 1. The van der Waals surface area contributed by atoms with E-state index in [1.165, 1.54) is 6.07 Å². The summed E-state index contributed by atoms with van der Waals surface area (Å²) in [5.74, 6) is 0.653. The second-order valence-electron chi connectivity index (χ2n) is 7.20. The van der Waals surface area contributed by atoms with E-state index < -0.39 is 16.1 Å². The lowest BCUT2D eigenvalue weighted by molar-refractivity contribution is 0.136. The van der Waals surface area contributed by atoms with Gasteiger partial charge in [-0.05, 0) is 48.0 Å². The van der Waals surface area contributed by atoms with Crippen LogP contribution in [0.25, 0.3) is 11.5 Å². The van der Waals surface area contributed by atoms with Crippen molar-refractivity contribution in [1.29, 1.82) is 0 Å². The zero-order valence-corrected chi connectivity index (χ0v) is 19.0. The Balaban J connectivity index is 1.67. The fourth-order valence-corrected chi connectivity index (χ4v) is 4.81. The molecule has 2 N–H and O–H groups in total. The van der Waals surface area contributed by atoms with Gasteiger partial charge in [-0.2, -0.15) is 5.10 Å². The summed E-state index contributed by atoms with van der Waals surface area (Å²) in [6.45, 7) is 1.70. The van der Waals surface area contributed by atoms with Gasteiger partial charge in [-0.1, -0.05) is 36.7 Å². The minimum atomic E-state index is -3.43. The number of halogens is 1. The SMILES string of the molecule is CCS(=O)(=O)c1ccc(Cl)cc1CNC(O)c1cnn(-c2ccccc2)c1-n1cccc1. The first-order chi connectivity index (χ1) is 15.4. The van der Waals surface area contributed by atoms with E-state index in [0.29, 0.717) is 22.0 Å². The molecular weight excluding hydrogens is 448 g/mol. The molecule has 0 amide bonds. The number of hydrogen-bond donors (Lipinski definition) is 2. The van der Waals surface area contributed by atoms with Crippen LogP contribution in [0, 0.1) is 0 Å². The molecule has 0 fully saturated rings. The van der Waals surface area contributed by atoms with Gasteiger partial charge < -0.3 is 9.67 Å². The van der Waals surface area contributed by atoms with Crippen LogP contribution in [0.2, 0.25) is 5.02 Å². The largest absolute Gasteiger partial charge is 0.374 e. The number of sulfone groups is 1. The van der Waals surface area contributed by atoms with Crippen molar-refractivity contribution in [3.05, 3.63) is 95.4 Å². The second kappa shape index (κ2) is 9.30. The van der Waals surface area contributed by atoms with Gasteiger partial charge in [0.1, 0.15) is 12.0 Å². The lowest BCUT2D eigenvalue weighted by Crippen LogP contribution is -2.23. The molecule has 0 saturated carbocycles. The van der Waals surface area contributed by atoms with Crippen molar-refractivity contribution >= 4 is 21.4 Å². The first-order valence-electron chi connectivity index (χ1n) is 10.1. The van der Waals surface area contributed by atoms with Gasteiger partial charge in [0.25, 0.3) is 0 Å². The van der Waals surface area contributed by atoms with E-state index >= 15 is 0 Å². The zero-order chi connectivity index (χ0) is 22.7. The Morgan fingerprint density at radius 1 is 1.09 bits per heavy atom. The van der Waals surface area contributed by atoms with Crippen LogP contribution in [0.3, 0.4) is 0 Å². The smallest absolute Gasteiger partial charge is 0.178 e. The molecule has 4 rings (SSSR count). The van der Waals surface area contributed by atoms with Crippen LogP contribution in [0.15, 0.2) is 84.1 Å². The number of nitrogens with zero attached hydrogens (tertiary/aromatic N) is 3. The molecule has 0 aliphatic heterocycles. The first-order valence-corrected chi connectivity index (χ1v) is 12.1. The summed E-state index contributed by atoms with van der Waals surface area (Å²) < 4.78 is 28.5. The van der Waals surface area contributed by atoms with Crippen LogP contribution in [0.1, 0.15) is 24.3 Å². The second-order valence-corrected chi connectivity index (χ2v) is 9.88. The van der Waals surface area contributed by atoms with E-state index in [9.17, 15) is 13.5 Å². The highest BCUT2D eigenvalue weighted by molar-refractivity contribution is 7.91. The van der Waals surface area contributed by atoms with Crippen molar-refractivity contribution in [3.8, 4) is 11.5 Å². The van der Waals surface area contributed by atoms with E-state index in [1.807, 2.05) is 59.4 Å². The van der Waals surface area contributed by atoms with E-state index in [0.717, 1.165) is 5.69 Å². The molecule has 0 saturated heterocycles. The summed E-state index contributed by atoms with van der Waals surface area (Å²) in [5, 5.41) is 18.9. The zero-order valence-electron chi connectivity index (χ0n) is 17.4. The highest BCUT2D eigenvalue weighted by atomic mass is 35.5. The third-order valence-electron chi connectivity index (χ3n) is 5.14. The van der Waals surface area contributed by atoms with Crippen LogP contribution in [-0.2, 0) is 16.4 Å². The summed E-state index contributed by atoms with van der Waals surface area (Å²) in [7, 11) is -3.43. The Kier molecular flexibility index (Phi) is 6.48. The van der Waals surface area contributed by atoms with Gasteiger partial charge in [-0.3, -0.25) is 5.32 Å². The van der Waals surface area contributed by atoms with Crippen LogP contribution >= 0.6 is 11.6 Å². The quantitative estimate of drug-likeness (QED) is 0.381. The van der Waals surface area contributed by atoms with Gasteiger partial charge in [0.15, 0.2) is 9.84 Å². The average Bonchev–Trinajstić information content (AvgIpc) is 3.47. The highest BCUT2D eigenvalue weighted by Crippen LogP contribution is 2.26. The molecular formula is C23H23ClN4O3S. The predicted molar refractivity (Wildman–Crippen MR) is 124 cm³/mol. The molecule has 0 aliphatic rings. The molecule has 0 bridgehead atoms. The molecule has 32 heavy (non-hydrogen) atoms. The minimum Gasteiger partial charge on any atom is -0.374 e. The molecule has 0 spiro atoms. The lowest BCUT2D eigenvalue weighted by atomic mass is 10.2. The molecule has 2 aromatic heterocycles. The standard InChI is InChI=1S/C23H23ClN4O3S/c1-2-32(30,31)21-11-10-18(24)14-17(21)15-25-22(29)20-16-26-28(19-8-4-3-5-9-19)23(20)27-12-6-7-13-27/h3-14,16,22,25,29H,2,15H2,1H3. The summed E-state index contributed by atoms with van der Waals surface area (Å²) >= 11 is 6.10. The molecule has 2 heterocycles. The molecule has 1 unspecified atom stereocenters. The summed E-state index contributed by atoms with van der Waals surface area (Å²) in [6.07, 6.45) is 4.24. The van der Waals surface area contributed by atoms with E-state index in [1.54, 1.807) is 29.9 Å². The van der Waals surface area contributed by atoms with Crippen LogP contribution in [0.5, 0.6) is 0 Å². The van der Waals surface area contributed by atoms with Crippen LogP contribution < -0.4 is 5.32 Å². The van der Waals surface area contributed by atoms with E-state index in [4.69, 9.17) is 11.6 Å². The minimum absolute atomic E-state index is 0.0220.